The summed E-state index contributed by atoms with van der Waals surface area (Å²) in [5, 5.41) is 0.726. The van der Waals surface area contributed by atoms with Gasteiger partial charge in [-0.15, -0.1) is 0 Å². The molecule has 0 aliphatic rings. The first kappa shape index (κ1) is 13.2. The van der Waals surface area contributed by atoms with Gasteiger partial charge in [0.05, 0.1) is 9.50 Å². The molecule has 0 aliphatic carbocycles. The van der Waals surface area contributed by atoms with Gasteiger partial charge < -0.3 is 4.74 Å². The van der Waals surface area contributed by atoms with E-state index < -0.39 is 0 Å². The molecule has 0 atom stereocenters. The number of benzene rings is 2. The monoisotopic (exact) mass is 422 g/mol. The Bertz CT molecular complexity index is 516. The Morgan fingerprint density at radius 1 is 1.12 bits per heavy atom. The van der Waals surface area contributed by atoms with E-state index in [9.17, 15) is 0 Å². The van der Waals surface area contributed by atoms with E-state index in [2.05, 4.69) is 38.5 Å². The maximum absolute atomic E-state index is 6.01. The lowest BCUT2D eigenvalue weighted by atomic mass is 10.2. The molecule has 17 heavy (non-hydrogen) atoms. The second-order valence-electron chi connectivity index (χ2n) is 3.45. The minimum atomic E-state index is 0.553. The first-order valence-corrected chi connectivity index (χ1v) is 7.23. The van der Waals surface area contributed by atoms with E-state index in [1.807, 2.05) is 42.5 Å². The number of ether oxygens (including phenoxy) is 1. The van der Waals surface area contributed by atoms with Crippen molar-refractivity contribution in [3.8, 4) is 5.75 Å². The Hall–Kier alpha value is -0.260. The van der Waals surface area contributed by atoms with Crippen LogP contribution in [0.4, 0.5) is 0 Å². The van der Waals surface area contributed by atoms with Crippen LogP contribution in [-0.4, -0.2) is 0 Å². The van der Waals surface area contributed by atoms with Crippen molar-refractivity contribution in [3.05, 3.63) is 61.1 Å². The van der Waals surface area contributed by atoms with Crippen molar-refractivity contribution in [3.63, 3.8) is 0 Å². The normalized spacial score (nSPS) is 10.3. The van der Waals surface area contributed by atoms with E-state index in [0.717, 1.165) is 24.4 Å². The van der Waals surface area contributed by atoms with Gasteiger partial charge in [-0.05, 0) is 56.2 Å². The van der Waals surface area contributed by atoms with E-state index in [0.29, 0.717) is 6.61 Å². The minimum Gasteiger partial charge on any atom is -0.488 e. The predicted octanol–water partition coefficient (Wildman–Crippen LogP) is 5.29. The van der Waals surface area contributed by atoms with Crippen LogP contribution in [0.5, 0.6) is 5.75 Å². The fourth-order valence-corrected chi connectivity index (χ4v) is 2.53. The van der Waals surface area contributed by atoms with Crippen LogP contribution in [0.25, 0.3) is 0 Å². The highest BCUT2D eigenvalue weighted by Crippen LogP contribution is 2.34. The van der Waals surface area contributed by atoms with Gasteiger partial charge in [0.2, 0.25) is 0 Å². The van der Waals surface area contributed by atoms with E-state index in [1.165, 1.54) is 0 Å². The van der Waals surface area contributed by atoms with Crippen molar-refractivity contribution >= 4 is 50.1 Å². The van der Waals surface area contributed by atoms with Crippen LogP contribution < -0.4 is 4.74 Å². The van der Waals surface area contributed by atoms with E-state index >= 15 is 0 Å². The second kappa shape index (κ2) is 6.07. The zero-order valence-electron chi connectivity index (χ0n) is 8.79. The van der Waals surface area contributed by atoms with Gasteiger partial charge in [0.1, 0.15) is 12.4 Å². The maximum Gasteiger partial charge on any atom is 0.135 e. The van der Waals surface area contributed by atoms with Crippen LogP contribution >= 0.6 is 50.1 Å². The summed E-state index contributed by atoms with van der Waals surface area (Å²) in [6, 6.07) is 13.8. The summed E-state index contributed by atoms with van der Waals surface area (Å²) in [7, 11) is 0. The van der Waals surface area contributed by atoms with Gasteiger partial charge in [-0.3, -0.25) is 0 Å². The van der Waals surface area contributed by atoms with Gasteiger partial charge in [0, 0.05) is 3.57 Å². The van der Waals surface area contributed by atoms with Gasteiger partial charge in [0.15, 0.2) is 0 Å². The third-order valence-electron chi connectivity index (χ3n) is 2.24. The van der Waals surface area contributed by atoms with Crippen LogP contribution in [0.2, 0.25) is 5.02 Å². The largest absolute Gasteiger partial charge is 0.488 e. The molecule has 0 amide bonds. The molecule has 0 bridgehead atoms. The molecule has 0 aliphatic heterocycles. The number of halogens is 3. The molecular formula is C13H9BrClIO. The Morgan fingerprint density at radius 2 is 1.82 bits per heavy atom. The third kappa shape index (κ3) is 3.36. The Labute approximate surface area is 127 Å². The average Bonchev–Trinajstić information content (AvgIpc) is 2.36. The quantitative estimate of drug-likeness (QED) is 0.482. The Morgan fingerprint density at radius 3 is 2.53 bits per heavy atom. The second-order valence-corrected chi connectivity index (χ2v) is 5.73. The summed E-state index contributed by atoms with van der Waals surface area (Å²) in [5.41, 5.74) is 1.14. The van der Waals surface area contributed by atoms with Crippen molar-refractivity contribution in [2.45, 2.75) is 6.61 Å². The molecule has 2 rings (SSSR count). The Kier molecular flexibility index (Phi) is 4.70. The zero-order chi connectivity index (χ0) is 12.3. The summed E-state index contributed by atoms with van der Waals surface area (Å²) in [5.74, 6) is 0.808. The standard InChI is InChI=1S/C13H9BrClIO/c14-12-11(7-6-10(15)13(12)16)17-8-9-4-2-1-3-5-9/h1-7H,8H2. The van der Waals surface area contributed by atoms with Gasteiger partial charge in [-0.2, -0.15) is 0 Å². The lowest BCUT2D eigenvalue weighted by molar-refractivity contribution is 0.304. The van der Waals surface area contributed by atoms with Crippen LogP contribution in [0.3, 0.4) is 0 Å². The van der Waals surface area contributed by atoms with Crippen LogP contribution in [0, 0.1) is 3.57 Å². The molecule has 88 valence electrons. The summed E-state index contributed by atoms with van der Waals surface area (Å²) < 4.78 is 7.62. The summed E-state index contributed by atoms with van der Waals surface area (Å²) in [6.45, 7) is 0.553. The number of hydrogen-bond acceptors (Lipinski definition) is 1. The molecule has 4 heteroatoms. The zero-order valence-corrected chi connectivity index (χ0v) is 13.3. The van der Waals surface area contributed by atoms with E-state index in [1.54, 1.807) is 0 Å². The highest BCUT2D eigenvalue weighted by Gasteiger charge is 2.08. The molecule has 2 aromatic carbocycles. The molecule has 0 N–H and O–H groups in total. The molecule has 0 heterocycles. The topological polar surface area (TPSA) is 9.23 Å². The molecule has 2 aromatic rings. The predicted molar refractivity (Wildman–Crippen MR) is 82.6 cm³/mol. The lowest BCUT2D eigenvalue weighted by Gasteiger charge is -2.10. The van der Waals surface area contributed by atoms with E-state index in [-0.39, 0.29) is 0 Å². The molecule has 1 nitrogen and oxygen atoms in total. The molecule has 0 saturated carbocycles. The van der Waals surface area contributed by atoms with Crippen molar-refractivity contribution in [2.24, 2.45) is 0 Å². The molecule has 0 unspecified atom stereocenters. The molecule has 0 fully saturated rings. The smallest absolute Gasteiger partial charge is 0.135 e. The minimum absolute atomic E-state index is 0.553. The van der Waals surface area contributed by atoms with Crippen LogP contribution in [-0.2, 0) is 6.61 Å². The summed E-state index contributed by atoms with van der Waals surface area (Å²) >= 11 is 11.7. The fourth-order valence-electron chi connectivity index (χ4n) is 1.35. The first-order valence-electron chi connectivity index (χ1n) is 4.98. The maximum atomic E-state index is 6.01. The molecule has 0 radical (unpaired) electrons. The molecule has 0 saturated heterocycles. The van der Waals surface area contributed by atoms with E-state index in [4.69, 9.17) is 16.3 Å². The third-order valence-corrected chi connectivity index (χ3v) is 5.52. The van der Waals surface area contributed by atoms with Gasteiger partial charge in [0.25, 0.3) is 0 Å². The number of rotatable bonds is 3. The lowest BCUT2D eigenvalue weighted by Crippen LogP contribution is -1.96. The van der Waals surface area contributed by atoms with Crippen LogP contribution in [0.15, 0.2) is 46.9 Å². The summed E-state index contributed by atoms with van der Waals surface area (Å²) in [6.07, 6.45) is 0. The average molecular weight is 423 g/mol. The van der Waals surface area contributed by atoms with Crippen molar-refractivity contribution in [1.29, 1.82) is 0 Å². The van der Waals surface area contributed by atoms with Gasteiger partial charge in [-0.25, -0.2) is 0 Å². The highest BCUT2D eigenvalue weighted by atomic mass is 127. The van der Waals surface area contributed by atoms with Gasteiger partial charge >= 0.3 is 0 Å². The van der Waals surface area contributed by atoms with Crippen molar-refractivity contribution in [2.75, 3.05) is 0 Å². The summed E-state index contributed by atoms with van der Waals surface area (Å²) in [4.78, 5) is 0. The first-order chi connectivity index (χ1) is 8.18. The molecular weight excluding hydrogens is 414 g/mol. The van der Waals surface area contributed by atoms with Crippen LogP contribution in [0.1, 0.15) is 5.56 Å². The SMILES string of the molecule is Clc1ccc(OCc2ccccc2)c(Br)c1I. The fraction of sp³-hybridized carbons (Fsp3) is 0.0769. The molecule has 0 aromatic heterocycles. The van der Waals surface area contributed by atoms with Crippen molar-refractivity contribution < 1.29 is 4.74 Å². The highest BCUT2D eigenvalue weighted by molar-refractivity contribution is 14.1. The van der Waals surface area contributed by atoms with Crippen molar-refractivity contribution in [1.82, 2.24) is 0 Å². The molecule has 0 spiro atoms. The van der Waals surface area contributed by atoms with Gasteiger partial charge in [-0.1, -0.05) is 41.9 Å². The Balaban J connectivity index is 2.13. The number of hydrogen-bond donors (Lipinski definition) is 0.